The number of amides is 1. The van der Waals surface area contributed by atoms with Gasteiger partial charge in [0.2, 0.25) is 5.91 Å². The average molecular weight is 419 g/mol. The van der Waals surface area contributed by atoms with Crippen LogP contribution in [0.1, 0.15) is 19.8 Å². The number of halogens is 3. The molecule has 0 bridgehead atoms. The number of hydrogen-bond donors (Lipinski definition) is 1. The molecule has 26 heavy (non-hydrogen) atoms. The second-order valence-corrected chi connectivity index (χ2v) is 7.17. The molecular weight excluding hydrogens is 397 g/mol. The van der Waals surface area contributed by atoms with E-state index in [-0.39, 0.29) is 11.9 Å². The molecule has 1 heterocycles. The molecule has 0 saturated heterocycles. The van der Waals surface area contributed by atoms with Crippen molar-refractivity contribution in [2.45, 2.75) is 25.8 Å². The van der Waals surface area contributed by atoms with Crippen molar-refractivity contribution in [3.8, 4) is 0 Å². The predicted molar refractivity (Wildman–Crippen MR) is 106 cm³/mol. The fourth-order valence-corrected chi connectivity index (χ4v) is 3.27. The molecule has 142 valence electrons. The first-order valence-electron chi connectivity index (χ1n) is 8.40. The van der Waals surface area contributed by atoms with Gasteiger partial charge in [0.1, 0.15) is 0 Å². The third-order valence-electron chi connectivity index (χ3n) is 4.05. The fourth-order valence-electron chi connectivity index (χ4n) is 2.69. The van der Waals surface area contributed by atoms with Crippen molar-refractivity contribution in [3.63, 3.8) is 0 Å². The lowest BCUT2D eigenvalue weighted by molar-refractivity contribution is -0.130. The van der Waals surface area contributed by atoms with Crippen LogP contribution >= 0.6 is 34.8 Å². The fraction of sp³-hybridized carbons (Fsp3) is 0.444. The first-order valence-corrected chi connectivity index (χ1v) is 9.84. The second-order valence-electron chi connectivity index (χ2n) is 5.98. The van der Waals surface area contributed by atoms with Crippen molar-refractivity contribution >= 4 is 51.6 Å². The highest BCUT2D eigenvalue weighted by Gasteiger charge is 2.13. The number of pyridine rings is 1. The number of aromatic nitrogens is 1. The quantitative estimate of drug-likeness (QED) is 0.522. The highest BCUT2D eigenvalue weighted by Crippen LogP contribution is 2.16. The summed E-state index contributed by atoms with van der Waals surface area (Å²) in [6.07, 6.45) is 2.52. The van der Waals surface area contributed by atoms with Crippen LogP contribution in [0.2, 0.25) is 5.02 Å². The zero-order valence-corrected chi connectivity index (χ0v) is 16.8. The maximum absolute atomic E-state index is 12.3. The van der Waals surface area contributed by atoms with Crippen molar-refractivity contribution in [2.24, 2.45) is 4.99 Å². The molecule has 0 radical (unpaired) electrons. The van der Waals surface area contributed by atoms with Crippen LogP contribution in [0.3, 0.4) is 0 Å². The first-order chi connectivity index (χ1) is 12.5. The summed E-state index contributed by atoms with van der Waals surface area (Å²) in [5.41, 5.74) is 0.581. The highest BCUT2D eigenvalue weighted by atomic mass is 35.5. The predicted octanol–water partition coefficient (Wildman–Crippen LogP) is 3.91. The van der Waals surface area contributed by atoms with E-state index in [1.54, 1.807) is 23.1 Å². The van der Waals surface area contributed by atoms with Gasteiger partial charge in [0.25, 0.3) is 0 Å². The summed E-state index contributed by atoms with van der Waals surface area (Å²) in [5.74, 6) is 0.816. The summed E-state index contributed by atoms with van der Waals surface area (Å²) >= 11 is 17.5. The van der Waals surface area contributed by atoms with Gasteiger partial charge in [0, 0.05) is 53.9 Å². The summed E-state index contributed by atoms with van der Waals surface area (Å²) in [7, 11) is 0. The lowest BCUT2D eigenvalue weighted by atomic mass is 10.1. The van der Waals surface area contributed by atoms with Crippen molar-refractivity contribution in [1.82, 2.24) is 9.63 Å². The van der Waals surface area contributed by atoms with Crippen molar-refractivity contribution in [2.75, 3.05) is 24.8 Å². The molecule has 0 saturated carbocycles. The minimum Gasteiger partial charge on any atom is -0.428 e. The second kappa shape index (κ2) is 10.0. The standard InChI is InChI=1S/C18H22Cl3N3O2/c1-13(2-5-18(25)23(10-7-19)11-8-20)22-16-6-9-24(26)17-12-14(21)3-4-15(16)17/h3-4,6,9,12-13,26H,2,5,7-8,10-11H2,1H3. The van der Waals surface area contributed by atoms with Crippen LogP contribution in [0, 0.1) is 0 Å². The Balaban J connectivity index is 2.14. The molecule has 1 aromatic heterocycles. The maximum atomic E-state index is 12.3. The molecule has 0 aliphatic heterocycles. The molecule has 2 rings (SSSR count). The molecule has 1 unspecified atom stereocenters. The Hall–Kier alpha value is -1.43. The summed E-state index contributed by atoms with van der Waals surface area (Å²) in [6, 6.07) is 6.94. The van der Waals surface area contributed by atoms with Gasteiger partial charge in [0.05, 0.1) is 10.9 Å². The third-order valence-corrected chi connectivity index (χ3v) is 4.63. The molecule has 1 aromatic carbocycles. The van der Waals surface area contributed by atoms with E-state index in [4.69, 9.17) is 39.8 Å². The van der Waals surface area contributed by atoms with Crippen molar-refractivity contribution < 1.29 is 10.0 Å². The number of rotatable bonds is 8. The molecule has 1 atom stereocenters. The van der Waals surface area contributed by atoms with E-state index in [1.807, 2.05) is 13.0 Å². The number of nitrogens with zero attached hydrogens (tertiary/aromatic N) is 3. The van der Waals surface area contributed by atoms with Crippen LogP contribution in [0.4, 0.5) is 0 Å². The van der Waals surface area contributed by atoms with E-state index in [0.29, 0.717) is 48.2 Å². The van der Waals surface area contributed by atoms with E-state index in [2.05, 4.69) is 0 Å². The van der Waals surface area contributed by atoms with Gasteiger partial charge in [-0.1, -0.05) is 11.6 Å². The van der Waals surface area contributed by atoms with Gasteiger partial charge in [-0.3, -0.25) is 9.79 Å². The molecule has 0 spiro atoms. The molecular formula is C18H22Cl3N3O2. The van der Waals surface area contributed by atoms with E-state index in [1.165, 1.54) is 6.20 Å². The Morgan fingerprint density at radius 1 is 1.27 bits per heavy atom. The Labute approximate surface area is 167 Å². The van der Waals surface area contributed by atoms with Crippen LogP contribution in [0.15, 0.2) is 35.5 Å². The minimum atomic E-state index is -0.0544. The first kappa shape index (κ1) is 20.9. The molecule has 1 amide bonds. The van der Waals surface area contributed by atoms with Gasteiger partial charge in [-0.05, 0) is 37.6 Å². The summed E-state index contributed by atoms with van der Waals surface area (Å²) in [5, 5.41) is 12.0. The lowest BCUT2D eigenvalue weighted by Crippen LogP contribution is -2.34. The van der Waals surface area contributed by atoms with Crippen LogP contribution in [0.25, 0.3) is 10.9 Å². The van der Waals surface area contributed by atoms with Crippen molar-refractivity contribution in [3.05, 3.63) is 40.8 Å². The largest absolute Gasteiger partial charge is 0.428 e. The van der Waals surface area contributed by atoms with Crippen LogP contribution < -0.4 is 5.36 Å². The Morgan fingerprint density at radius 3 is 2.62 bits per heavy atom. The number of fused-ring (bicyclic) bond motifs is 1. The Bertz CT molecular complexity index is 817. The maximum Gasteiger partial charge on any atom is 0.222 e. The summed E-state index contributed by atoms with van der Waals surface area (Å²) in [4.78, 5) is 18.7. The molecule has 0 aliphatic carbocycles. The Morgan fingerprint density at radius 2 is 1.96 bits per heavy atom. The zero-order chi connectivity index (χ0) is 19.1. The van der Waals surface area contributed by atoms with Gasteiger partial charge in [-0.2, -0.15) is 4.73 Å². The SMILES string of the molecule is CC(CCC(=O)N(CCCl)CCCl)N=c1ccn(O)c2cc(Cl)ccc12. The number of hydrogen-bond acceptors (Lipinski definition) is 3. The number of alkyl halides is 2. The van der Waals surface area contributed by atoms with Gasteiger partial charge >= 0.3 is 0 Å². The summed E-state index contributed by atoms with van der Waals surface area (Å²) in [6.45, 7) is 2.96. The van der Waals surface area contributed by atoms with Crippen LogP contribution in [0.5, 0.6) is 0 Å². The summed E-state index contributed by atoms with van der Waals surface area (Å²) < 4.78 is 1.02. The molecule has 8 heteroatoms. The van der Waals surface area contributed by atoms with Crippen molar-refractivity contribution in [1.29, 1.82) is 0 Å². The number of carbonyl (C=O) groups excluding carboxylic acids is 1. The van der Waals surface area contributed by atoms with Crippen LogP contribution in [-0.2, 0) is 4.79 Å². The number of carbonyl (C=O) groups is 1. The average Bonchev–Trinajstić information content (AvgIpc) is 2.62. The number of benzene rings is 1. The topological polar surface area (TPSA) is 57.8 Å². The molecule has 0 fully saturated rings. The smallest absolute Gasteiger partial charge is 0.222 e. The monoisotopic (exact) mass is 417 g/mol. The van der Waals surface area contributed by atoms with Gasteiger partial charge < -0.3 is 10.1 Å². The van der Waals surface area contributed by atoms with Gasteiger partial charge in [-0.15, -0.1) is 23.2 Å². The van der Waals surface area contributed by atoms with Crippen LogP contribution in [-0.4, -0.2) is 51.6 Å². The molecule has 2 aromatic rings. The highest BCUT2D eigenvalue weighted by molar-refractivity contribution is 6.31. The molecule has 1 N–H and O–H groups in total. The Kier molecular flexibility index (Phi) is 8.07. The van der Waals surface area contributed by atoms with E-state index in [0.717, 1.165) is 15.5 Å². The van der Waals surface area contributed by atoms with E-state index in [9.17, 15) is 10.0 Å². The third kappa shape index (κ3) is 5.53. The zero-order valence-electron chi connectivity index (χ0n) is 14.5. The molecule has 0 aliphatic rings. The van der Waals surface area contributed by atoms with E-state index < -0.39 is 0 Å². The molecule has 5 nitrogen and oxygen atoms in total. The minimum absolute atomic E-state index is 0.0336. The van der Waals surface area contributed by atoms with Gasteiger partial charge in [-0.25, -0.2) is 0 Å². The normalized spacial score (nSPS) is 13.2. The van der Waals surface area contributed by atoms with Gasteiger partial charge in [0.15, 0.2) is 0 Å². The van der Waals surface area contributed by atoms with E-state index >= 15 is 0 Å². The lowest BCUT2D eigenvalue weighted by Gasteiger charge is -2.21.